The molecule has 2 N–H and O–H groups in total. The fourth-order valence-electron chi connectivity index (χ4n) is 2.82. The van der Waals surface area contributed by atoms with E-state index in [0.717, 1.165) is 11.6 Å². The first kappa shape index (κ1) is 20.6. The minimum absolute atomic E-state index is 0.0533. The molecule has 3 rings (SSSR count). The first-order chi connectivity index (χ1) is 13.9. The number of amides is 1. The number of halogens is 2. The Morgan fingerprint density at radius 1 is 1.21 bits per heavy atom. The summed E-state index contributed by atoms with van der Waals surface area (Å²) in [6.07, 6.45) is 1.06. The van der Waals surface area contributed by atoms with Crippen molar-refractivity contribution in [2.24, 2.45) is 4.99 Å². The van der Waals surface area contributed by atoms with Crippen LogP contribution in [0.2, 0.25) is 10.0 Å². The van der Waals surface area contributed by atoms with Crippen LogP contribution in [-0.2, 0) is 14.3 Å². The monoisotopic (exact) mass is 429 g/mol. The SMILES string of the molecule is C=CC(=O)N/C(C(=O)OC)=C1/CN=C(c2ccccc2Cl)c2cc(Cl)ccc2N1. The summed E-state index contributed by atoms with van der Waals surface area (Å²) >= 11 is 12.6. The van der Waals surface area contributed by atoms with Crippen LogP contribution in [0.15, 0.2) is 71.5 Å². The number of rotatable bonds is 4. The maximum atomic E-state index is 12.3. The topological polar surface area (TPSA) is 79.8 Å². The van der Waals surface area contributed by atoms with Crippen molar-refractivity contribution in [1.29, 1.82) is 0 Å². The molecule has 1 heterocycles. The van der Waals surface area contributed by atoms with Crippen molar-refractivity contribution >= 4 is 46.5 Å². The second-order valence-electron chi connectivity index (χ2n) is 6.00. The van der Waals surface area contributed by atoms with E-state index >= 15 is 0 Å². The summed E-state index contributed by atoms with van der Waals surface area (Å²) in [6, 6.07) is 12.5. The zero-order chi connectivity index (χ0) is 21.0. The molecule has 0 spiro atoms. The van der Waals surface area contributed by atoms with E-state index in [1.165, 1.54) is 7.11 Å². The number of hydrogen-bond acceptors (Lipinski definition) is 5. The third kappa shape index (κ3) is 4.50. The zero-order valence-electron chi connectivity index (χ0n) is 15.5. The van der Waals surface area contributed by atoms with Gasteiger partial charge in [0.25, 0.3) is 0 Å². The van der Waals surface area contributed by atoms with E-state index in [4.69, 9.17) is 27.9 Å². The summed E-state index contributed by atoms with van der Waals surface area (Å²) in [5.41, 5.74) is 2.99. The molecule has 0 atom stereocenters. The predicted molar refractivity (Wildman–Crippen MR) is 114 cm³/mol. The van der Waals surface area contributed by atoms with Crippen LogP contribution in [0.25, 0.3) is 0 Å². The maximum Gasteiger partial charge on any atom is 0.356 e. The fourth-order valence-corrected chi connectivity index (χ4v) is 3.22. The highest BCUT2D eigenvalue weighted by Crippen LogP contribution is 2.30. The van der Waals surface area contributed by atoms with Crippen molar-refractivity contribution in [2.75, 3.05) is 19.0 Å². The Bertz CT molecular complexity index is 1060. The number of methoxy groups -OCH3 is 1. The Labute approximate surface area is 177 Å². The maximum absolute atomic E-state index is 12.3. The third-order valence-corrected chi connectivity index (χ3v) is 4.74. The van der Waals surface area contributed by atoms with Crippen LogP contribution >= 0.6 is 23.2 Å². The molecule has 8 heteroatoms. The number of hydrogen-bond donors (Lipinski definition) is 2. The molecule has 1 aliphatic rings. The number of nitrogens with one attached hydrogen (secondary N) is 2. The summed E-state index contributed by atoms with van der Waals surface area (Å²) in [7, 11) is 1.23. The lowest BCUT2D eigenvalue weighted by Crippen LogP contribution is -2.30. The number of benzene rings is 2. The summed E-state index contributed by atoms with van der Waals surface area (Å²) in [6.45, 7) is 3.47. The molecule has 148 valence electrons. The molecule has 0 bridgehead atoms. The molecule has 6 nitrogen and oxygen atoms in total. The van der Waals surface area contributed by atoms with Gasteiger partial charge >= 0.3 is 5.97 Å². The van der Waals surface area contributed by atoms with Gasteiger partial charge in [-0.1, -0.05) is 48.0 Å². The van der Waals surface area contributed by atoms with Crippen molar-refractivity contribution < 1.29 is 14.3 Å². The highest BCUT2D eigenvalue weighted by atomic mass is 35.5. The van der Waals surface area contributed by atoms with Gasteiger partial charge in [0.15, 0.2) is 0 Å². The minimum Gasteiger partial charge on any atom is -0.464 e. The van der Waals surface area contributed by atoms with Crippen molar-refractivity contribution in [3.63, 3.8) is 0 Å². The molecule has 1 aliphatic heterocycles. The average molecular weight is 430 g/mol. The van der Waals surface area contributed by atoms with E-state index in [2.05, 4.69) is 22.2 Å². The molecular formula is C21H17Cl2N3O3. The van der Waals surface area contributed by atoms with Gasteiger partial charge in [-0.15, -0.1) is 0 Å². The van der Waals surface area contributed by atoms with Crippen molar-refractivity contribution in [2.45, 2.75) is 0 Å². The van der Waals surface area contributed by atoms with Crippen LogP contribution in [0.1, 0.15) is 11.1 Å². The summed E-state index contributed by atoms with van der Waals surface area (Å²) in [4.78, 5) is 28.8. The van der Waals surface area contributed by atoms with Gasteiger partial charge in [-0.2, -0.15) is 0 Å². The fraction of sp³-hybridized carbons (Fsp3) is 0.0952. The van der Waals surface area contributed by atoms with E-state index in [1.54, 1.807) is 24.3 Å². The van der Waals surface area contributed by atoms with Gasteiger partial charge in [0.1, 0.15) is 5.70 Å². The first-order valence-electron chi connectivity index (χ1n) is 8.55. The number of anilines is 1. The van der Waals surface area contributed by atoms with Crippen LogP contribution in [0.5, 0.6) is 0 Å². The Morgan fingerprint density at radius 3 is 2.66 bits per heavy atom. The van der Waals surface area contributed by atoms with E-state index in [-0.39, 0.29) is 12.2 Å². The molecule has 0 aromatic heterocycles. The van der Waals surface area contributed by atoms with Gasteiger partial charge in [-0.25, -0.2) is 4.79 Å². The number of ether oxygens (including phenoxy) is 1. The highest BCUT2D eigenvalue weighted by Gasteiger charge is 2.24. The van der Waals surface area contributed by atoms with Crippen LogP contribution in [-0.4, -0.2) is 31.2 Å². The smallest absolute Gasteiger partial charge is 0.356 e. The number of carbonyl (C=O) groups is 2. The van der Waals surface area contributed by atoms with Gasteiger partial charge in [0, 0.05) is 26.9 Å². The lowest BCUT2D eigenvalue weighted by Gasteiger charge is -2.15. The number of aliphatic imine (C=N–C) groups is 1. The predicted octanol–water partition coefficient (Wildman–Crippen LogP) is 3.94. The summed E-state index contributed by atoms with van der Waals surface area (Å²) < 4.78 is 4.81. The molecule has 0 fully saturated rings. The van der Waals surface area contributed by atoms with Gasteiger partial charge in [-0.05, 0) is 30.3 Å². The molecule has 2 aromatic rings. The Balaban J connectivity index is 2.20. The summed E-state index contributed by atoms with van der Waals surface area (Å²) in [5.74, 6) is -1.26. The van der Waals surface area contributed by atoms with Gasteiger partial charge < -0.3 is 15.4 Å². The molecule has 1 amide bonds. The third-order valence-electron chi connectivity index (χ3n) is 4.17. The molecule has 0 unspecified atom stereocenters. The van der Waals surface area contributed by atoms with E-state index in [0.29, 0.717) is 32.7 Å². The van der Waals surface area contributed by atoms with Crippen LogP contribution < -0.4 is 10.6 Å². The first-order valence-corrected chi connectivity index (χ1v) is 9.31. The van der Waals surface area contributed by atoms with Crippen molar-refractivity contribution in [3.8, 4) is 0 Å². The molecular weight excluding hydrogens is 413 g/mol. The number of fused-ring (bicyclic) bond motifs is 1. The molecule has 2 aromatic carbocycles. The Kier molecular flexibility index (Phi) is 6.36. The molecule has 0 radical (unpaired) electrons. The van der Waals surface area contributed by atoms with Crippen LogP contribution in [0, 0.1) is 0 Å². The number of nitrogens with zero attached hydrogens (tertiary/aromatic N) is 1. The zero-order valence-corrected chi connectivity index (χ0v) is 17.0. The number of esters is 1. The summed E-state index contributed by atoms with van der Waals surface area (Å²) in [5, 5.41) is 6.70. The standard InChI is InChI=1S/C21H17Cl2N3O3/c1-3-18(27)26-20(21(28)29-2)17-11-24-19(13-6-4-5-7-15(13)23)14-10-12(22)8-9-16(14)25-17/h3-10,25H,1,11H2,2H3,(H,26,27)/b20-17-. The normalized spacial score (nSPS) is 14.5. The van der Waals surface area contributed by atoms with Crippen molar-refractivity contribution in [1.82, 2.24) is 5.32 Å². The molecule has 0 aliphatic carbocycles. The second-order valence-corrected chi connectivity index (χ2v) is 6.84. The van der Waals surface area contributed by atoms with E-state index in [9.17, 15) is 9.59 Å². The lowest BCUT2D eigenvalue weighted by atomic mass is 10.0. The van der Waals surface area contributed by atoms with E-state index in [1.807, 2.05) is 18.2 Å². The molecule has 0 saturated carbocycles. The van der Waals surface area contributed by atoms with Crippen LogP contribution in [0.3, 0.4) is 0 Å². The molecule has 29 heavy (non-hydrogen) atoms. The average Bonchev–Trinajstić information content (AvgIpc) is 2.91. The van der Waals surface area contributed by atoms with Crippen molar-refractivity contribution in [3.05, 3.63) is 87.7 Å². The minimum atomic E-state index is -0.713. The lowest BCUT2D eigenvalue weighted by molar-refractivity contribution is -0.137. The van der Waals surface area contributed by atoms with Crippen LogP contribution in [0.4, 0.5) is 5.69 Å². The highest BCUT2D eigenvalue weighted by molar-refractivity contribution is 6.36. The van der Waals surface area contributed by atoms with E-state index < -0.39 is 11.9 Å². The van der Waals surface area contributed by atoms with Gasteiger partial charge in [0.2, 0.25) is 5.91 Å². The Morgan fingerprint density at radius 2 is 1.97 bits per heavy atom. The Hall–Kier alpha value is -3.09. The molecule has 0 saturated heterocycles. The number of benzodiazepines with no additional fused rings is 1. The quantitative estimate of drug-likeness (QED) is 0.569. The van der Waals surface area contributed by atoms with Gasteiger partial charge in [0.05, 0.1) is 25.1 Å². The second kappa shape index (κ2) is 8.94. The van der Waals surface area contributed by atoms with Gasteiger partial charge in [-0.3, -0.25) is 9.79 Å². The number of carbonyl (C=O) groups excluding carboxylic acids is 2. The largest absolute Gasteiger partial charge is 0.464 e.